The van der Waals surface area contributed by atoms with Gasteiger partial charge in [-0.1, -0.05) is 0 Å². The van der Waals surface area contributed by atoms with Crippen molar-refractivity contribution < 1.29 is 14.7 Å². The van der Waals surface area contributed by atoms with Crippen LogP contribution in [0.25, 0.3) is 0 Å². The summed E-state index contributed by atoms with van der Waals surface area (Å²) >= 11 is 0. The summed E-state index contributed by atoms with van der Waals surface area (Å²) in [6, 6.07) is -0.773. The zero-order valence-corrected chi connectivity index (χ0v) is 9.93. The van der Waals surface area contributed by atoms with E-state index in [0.29, 0.717) is 19.4 Å². The smallest absolute Gasteiger partial charge is 0.306 e. The number of rotatable bonds is 3. The molecule has 1 aliphatic heterocycles. The van der Waals surface area contributed by atoms with Crippen molar-refractivity contribution in [1.29, 1.82) is 0 Å². The van der Waals surface area contributed by atoms with Gasteiger partial charge in [0, 0.05) is 19.0 Å². The lowest BCUT2D eigenvalue weighted by Gasteiger charge is -2.37. The number of carbonyl (C=O) groups excluding carboxylic acids is 1. The molecular formula is C12H18N2O3. The van der Waals surface area contributed by atoms with Crippen molar-refractivity contribution in [1.82, 2.24) is 4.90 Å². The number of amides is 1. The second-order valence-corrected chi connectivity index (χ2v) is 4.45. The van der Waals surface area contributed by atoms with Crippen LogP contribution in [-0.2, 0) is 9.59 Å². The zero-order valence-electron chi connectivity index (χ0n) is 9.93. The van der Waals surface area contributed by atoms with Crippen LogP contribution in [0.3, 0.4) is 0 Å². The number of carboxylic acids is 1. The van der Waals surface area contributed by atoms with E-state index in [-0.39, 0.29) is 24.3 Å². The predicted molar refractivity (Wildman–Crippen MR) is 63.0 cm³/mol. The molecule has 0 spiro atoms. The van der Waals surface area contributed by atoms with Crippen LogP contribution < -0.4 is 5.73 Å². The fraction of sp³-hybridized carbons (Fsp3) is 0.667. The monoisotopic (exact) mass is 238 g/mol. The van der Waals surface area contributed by atoms with Crippen molar-refractivity contribution in [3.8, 4) is 12.3 Å². The summed E-state index contributed by atoms with van der Waals surface area (Å²) < 4.78 is 0. The number of nitrogens with two attached hydrogens (primary N) is 1. The SMILES string of the molecule is C#CCC(N)C(=O)N1CCC(C(=O)O)CC1C. The molecule has 17 heavy (non-hydrogen) atoms. The van der Waals surface area contributed by atoms with Crippen LogP contribution in [0.4, 0.5) is 0 Å². The number of nitrogens with zero attached hydrogens (tertiary/aromatic N) is 1. The third-order valence-electron chi connectivity index (χ3n) is 3.16. The second kappa shape index (κ2) is 5.69. The molecule has 1 rings (SSSR count). The zero-order chi connectivity index (χ0) is 13.0. The number of carboxylic acid groups (broad SMARTS) is 1. The molecule has 1 heterocycles. The van der Waals surface area contributed by atoms with Crippen molar-refractivity contribution in [2.45, 2.75) is 38.3 Å². The Labute approximate surface area is 101 Å². The summed E-state index contributed by atoms with van der Waals surface area (Å²) in [4.78, 5) is 24.4. The van der Waals surface area contributed by atoms with Crippen LogP contribution in [0.15, 0.2) is 0 Å². The number of hydrogen-bond acceptors (Lipinski definition) is 3. The van der Waals surface area contributed by atoms with Gasteiger partial charge in [-0.25, -0.2) is 0 Å². The molecule has 0 aliphatic carbocycles. The van der Waals surface area contributed by atoms with Crippen LogP contribution in [0.5, 0.6) is 0 Å². The van der Waals surface area contributed by atoms with Gasteiger partial charge in [0.15, 0.2) is 0 Å². The summed E-state index contributed by atoms with van der Waals surface area (Å²) in [5.74, 6) is 1.02. The minimum atomic E-state index is -0.795. The Morgan fingerprint density at radius 1 is 1.65 bits per heavy atom. The Morgan fingerprint density at radius 2 is 2.29 bits per heavy atom. The van der Waals surface area contributed by atoms with Gasteiger partial charge in [-0.05, 0) is 19.8 Å². The topological polar surface area (TPSA) is 83.6 Å². The Kier molecular flexibility index (Phi) is 4.53. The first kappa shape index (κ1) is 13.5. The first-order valence-electron chi connectivity index (χ1n) is 5.69. The fourth-order valence-corrected chi connectivity index (χ4v) is 2.15. The molecule has 3 atom stereocenters. The van der Waals surface area contributed by atoms with Gasteiger partial charge in [-0.2, -0.15) is 0 Å². The molecular weight excluding hydrogens is 220 g/mol. The van der Waals surface area contributed by atoms with E-state index in [4.69, 9.17) is 17.3 Å². The Morgan fingerprint density at radius 3 is 2.76 bits per heavy atom. The summed E-state index contributed by atoms with van der Waals surface area (Å²) in [5, 5.41) is 8.92. The highest BCUT2D eigenvalue weighted by Crippen LogP contribution is 2.23. The van der Waals surface area contributed by atoms with Crippen LogP contribution in [0.1, 0.15) is 26.2 Å². The number of piperidine rings is 1. The van der Waals surface area contributed by atoms with E-state index in [0.717, 1.165) is 0 Å². The molecule has 5 nitrogen and oxygen atoms in total. The summed E-state index contributed by atoms with van der Waals surface area (Å²) in [6.07, 6.45) is 6.28. The van der Waals surface area contributed by atoms with Gasteiger partial charge in [0.1, 0.15) is 0 Å². The largest absolute Gasteiger partial charge is 0.481 e. The van der Waals surface area contributed by atoms with Crippen LogP contribution in [-0.4, -0.2) is 40.5 Å². The van der Waals surface area contributed by atoms with Crippen LogP contribution in [0, 0.1) is 18.3 Å². The van der Waals surface area contributed by atoms with Gasteiger partial charge >= 0.3 is 5.97 Å². The first-order valence-corrected chi connectivity index (χ1v) is 5.69. The molecule has 1 fully saturated rings. The lowest BCUT2D eigenvalue weighted by Crippen LogP contribution is -2.51. The highest BCUT2D eigenvalue weighted by atomic mass is 16.4. The third-order valence-corrected chi connectivity index (χ3v) is 3.16. The molecule has 0 aromatic heterocycles. The third kappa shape index (κ3) is 3.21. The fourth-order valence-electron chi connectivity index (χ4n) is 2.15. The Hall–Kier alpha value is -1.54. The van der Waals surface area contributed by atoms with E-state index in [1.54, 1.807) is 4.90 Å². The maximum absolute atomic E-state index is 11.9. The number of terminal acetylenes is 1. The summed E-state index contributed by atoms with van der Waals surface area (Å²) in [7, 11) is 0. The molecule has 3 N–H and O–H groups in total. The highest BCUT2D eigenvalue weighted by Gasteiger charge is 2.33. The maximum atomic E-state index is 11.9. The number of carbonyl (C=O) groups is 2. The van der Waals surface area contributed by atoms with Crippen molar-refractivity contribution in [3.63, 3.8) is 0 Å². The van der Waals surface area contributed by atoms with Gasteiger partial charge in [-0.15, -0.1) is 12.3 Å². The molecule has 3 unspecified atom stereocenters. The lowest BCUT2D eigenvalue weighted by molar-refractivity contribution is -0.147. The molecule has 0 bridgehead atoms. The molecule has 0 radical (unpaired) electrons. The lowest BCUT2D eigenvalue weighted by atomic mass is 9.91. The van der Waals surface area contributed by atoms with Gasteiger partial charge in [0.25, 0.3) is 0 Å². The predicted octanol–water partition coefficient (Wildman–Crippen LogP) is 0.0487. The minimum Gasteiger partial charge on any atom is -0.481 e. The molecule has 0 aromatic rings. The molecule has 1 amide bonds. The molecule has 0 aromatic carbocycles. The Bertz CT molecular complexity index is 348. The van der Waals surface area contributed by atoms with Crippen molar-refractivity contribution in [2.24, 2.45) is 11.7 Å². The van der Waals surface area contributed by atoms with Crippen molar-refractivity contribution in [3.05, 3.63) is 0 Å². The van der Waals surface area contributed by atoms with E-state index in [9.17, 15) is 9.59 Å². The Balaban J connectivity index is 2.61. The standard InChI is InChI=1S/C12H18N2O3/c1-3-4-10(13)11(15)14-6-5-9(12(16)17)7-8(14)2/h1,8-10H,4-7,13H2,2H3,(H,16,17). The molecule has 94 valence electrons. The number of hydrogen-bond donors (Lipinski definition) is 2. The van der Waals surface area contributed by atoms with E-state index < -0.39 is 12.0 Å². The normalized spacial score (nSPS) is 26.1. The second-order valence-electron chi connectivity index (χ2n) is 4.45. The average molecular weight is 238 g/mol. The van der Waals surface area contributed by atoms with Crippen molar-refractivity contribution >= 4 is 11.9 Å². The molecule has 0 saturated carbocycles. The van der Waals surface area contributed by atoms with E-state index in [1.165, 1.54) is 0 Å². The molecule has 1 aliphatic rings. The average Bonchev–Trinajstić information content (AvgIpc) is 2.28. The molecule has 5 heteroatoms. The van der Waals surface area contributed by atoms with Gasteiger partial charge < -0.3 is 15.7 Å². The van der Waals surface area contributed by atoms with E-state index in [1.807, 2.05) is 6.92 Å². The van der Waals surface area contributed by atoms with Crippen molar-refractivity contribution in [2.75, 3.05) is 6.54 Å². The van der Waals surface area contributed by atoms with Gasteiger partial charge in [-0.3, -0.25) is 9.59 Å². The first-order chi connectivity index (χ1) is 7.97. The van der Waals surface area contributed by atoms with Crippen LogP contribution in [0.2, 0.25) is 0 Å². The molecule has 1 saturated heterocycles. The number of likely N-dealkylation sites (tertiary alicyclic amines) is 1. The highest BCUT2D eigenvalue weighted by molar-refractivity contribution is 5.82. The minimum absolute atomic E-state index is 0.0961. The maximum Gasteiger partial charge on any atom is 0.306 e. The summed E-state index contributed by atoms with van der Waals surface area (Å²) in [5.41, 5.74) is 5.67. The van der Waals surface area contributed by atoms with E-state index >= 15 is 0 Å². The number of aliphatic carboxylic acids is 1. The quantitative estimate of drug-likeness (QED) is 0.680. The van der Waals surface area contributed by atoms with Gasteiger partial charge in [0.05, 0.1) is 12.0 Å². The summed E-state index contributed by atoms with van der Waals surface area (Å²) in [6.45, 7) is 2.28. The van der Waals surface area contributed by atoms with Crippen LogP contribution >= 0.6 is 0 Å². The van der Waals surface area contributed by atoms with E-state index in [2.05, 4.69) is 5.92 Å². The van der Waals surface area contributed by atoms with Gasteiger partial charge in [0.2, 0.25) is 5.91 Å².